The zero-order valence-electron chi connectivity index (χ0n) is 11.5. The van der Waals surface area contributed by atoms with E-state index < -0.39 is 0 Å². The molecule has 1 amide bonds. The summed E-state index contributed by atoms with van der Waals surface area (Å²) in [7, 11) is 1.84. The van der Waals surface area contributed by atoms with Gasteiger partial charge in [0.05, 0.1) is 6.04 Å². The molecule has 19 heavy (non-hydrogen) atoms. The Bertz CT molecular complexity index is 464. The normalized spacial score (nSPS) is 24.2. The van der Waals surface area contributed by atoms with Crippen LogP contribution in [0.3, 0.4) is 0 Å². The molecular weight excluding hydrogens is 240 g/mol. The highest BCUT2D eigenvalue weighted by Crippen LogP contribution is 2.22. The lowest BCUT2D eigenvalue weighted by Crippen LogP contribution is -2.33. The Morgan fingerprint density at radius 2 is 2.47 bits per heavy atom. The highest BCUT2D eigenvalue weighted by Gasteiger charge is 2.27. The number of amides is 1. The number of likely N-dealkylation sites (tertiary alicyclic amines) is 1. The number of aliphatic imine (C=N–C) groups is 1. The van der Waals surface area contributed by atoms with E-state index >= 15 is 0 Å². The molecule has 0 radical (unpaired) electrons. The standard InChI is InChI=1S/C14H20N4O/c1-4-15-14-13(5-7-16-14)11(2)18-8-6-12(9-18)17(3)10-19/h4-5,7,10,12H,1,6,8-9H2,2-3H3,(H,15,16)/b13-11+. The average molecular weight is 260 g/mol. The molecule has 5 heteroatoms. The smallest absolute Gasteiger partial charge is 0.209 e. The lowest BCUT2D eigenvalue weighted by molar-refractivity contribution is -0.118. The van der Waals surface area contributed by atoms with Crippen LogP contribution in [-0.2, 0) is 4.79 Å². The quantitative estimate of drug-likeness (QED) is 0.770. The van der Waals surface area contributed by atoms with E-state index in [9.17, 15) is 4.79 Å². The maximum Gasteiger partial charge on any atom is 0.209 e. The molecule has 2 heterocycles. The molecule has 1 unspecified atom stereocenters. The third-order valence-electron chi connectivity index (χ3n) is 3.71. The van der Waals surface area contributed by atoms with Crippen LogP contribution in [0.25, 0.3) is 0 Å². The van der Waals surface area contributed by atoms with Crippen molar-refractivity contribution >= 4 is 12.2 Å². The van der Waals surface area contributed by atoms with Gasteiger partial charge in [-0.25, -0.2) is 4.99 Å². The van der Waals surface area contributed by atoms with Gasteiger partial charge >= 0.3 is 0 Å². The molecule has 0 saturated carbocycles. The van der Waals surface area contributed by atoms with Gasteiger partial charge in [-0.1, -0.05) is 6.58 Å². The highest BCUT2D eigenvalue weighted by molar-refractivity contribution is 6.04. The van der Waals surface area contributed by atoms with E-state index in [1.807, 2.05) is 13.1 Å². The third-order valence-corrected chi connectivity index (χ3v) is 3.71. The van der Waals surface area contributed by atoms with Crippen molar-refractivity contribution in [3.8, 4) is 0 Å². The predicted octanol–water partition coefficient (Wildman–Crippen LogP) is 1.08. The van der Waals surface area contributed by atoms with E-state index in [1.165, 1.54) is 5.70 Å². The average Bonchev–Trinajstić information content (AvgIpc) is 3.06. The molecular formula is C14H20N4O. The predicted molar refractivity (Wildman–Crippen MR) is 76.4 cm³/mol. The van der Waals surface area contributed by atoms with Crippen molar-refractivity contribution in [1.29, 1.82) is 0 Å². The third kappa shape index (κ3) is 2.70. The number of likely N-dealkylation sites (N-methyl/N-ethyl adjacent to an activating group) is 1. The van der Waals surface area contributed by atoms with Gasteiger partial charge in [0.15, 0.2) is 0 Å². The SMILES string of the molecule is C=CNC1=NC=C/C1=C(/C)N1CCC(N(C)C=O)C1. The minimum Gasteiger partial charge on any atom is -0.372 e. The van der Waals surface area contributed by atoms with Crippen LogP contribution in [0.15, 0.2) is 41.3 Å². The van der Waals surface area contributed by atoms with Gasteiger partial charge in [0.2, 0.25) is 6.41 Å². The number of carbonyl (C=O) groups is 1. The summed E-state index contributed by atoms with van der Waals surface area (Å²) in [6.07, 6.45) is 7.32. The summed E-state index contributed by atoms with van der Waals surface area (Å²) < 4.78 is 0. The molecule has 0 spiro atoms. The summed E-state index contributed by atoms with van der Waals surface area (Å²) in [5.41, 5.74) is 2.28. The minimum atomic E-state index is 0.297. The fourth-order valence-electron chi connectivity index (χ4n) is 2.47. The fourth-order valence-corrected chi connectivity index (χ4v) is 2.47. The van der Waals surface area contributed by atoms with Crippen molar-refractivity contribution in [3.63, 3.8) is 0 Å². The molecule has 0 aromatic carbocycles. The topological polar surface area (TPSA) is 47.9 Å². The van der Waals surface area contributed by atoms with Gasteiger partial charge < -0.3 is 15.1 Å². The van der Waals surface area contributed by atoms with Gasteiger partial charge in [-0.2, -0.15) is 0 Å². The van der Waals surface area contributed by atoms with Crippen molar-refractivity contribution < 1.29 is 4.79 Å². The first kappa shape index (κ1) is 13.4. The van der Waals surface area contributed by atoms with Crippen molar-refractivity contribution in [2.75, 3.05) is 20.1 Å². The van der Waals surface area contributed by atoms with Crippen LogP contribution in [0.4, 0.5) is 0 Å². The molecule has 1 N–H and O–H groups in total. The maximum absolute atomic E-state index is 10.8. The van der Waals surface area contributed by atoms with Gasteiger partial charge in [-0.05, 0) is 25.6 Å². The molecule has 1 saturated heterocycles. The van der Waals surface area contributed by atoms with Gasteiger partial charge in [-0.3, -0.25) is 4.79 Å². The molecule has 0 aliphatic carbocycles. The maximum atomic E-state index is 10.8. The number of hydrogen-bond acceptors (Lipinski definition) is 4. The molecule has 0 bridgehead atoms. The van der Waals surface area contributed by atoms with E-state index in [-0.39, 0.29) is 0 Å². The Balaban J connectivity index is 2.10. The fraction of sp³-hybridized carbons (Fsp3) is 0.429. The largest absolute Gasteiger partial charge is 0.372 e. The number of hydrogen-bond donors (Lipinski definition) is 1. The van der Waals surface area contributed by atoms with Crippen molar-refractivity contribution in [3.05, 3.63) is 36.3 Å². The molecule has 2 aliphatic heterocycles. The Kier molecular flexibility index (Phi) is 4.04. The second-order valence-electron chi connectivity index (χ2n) is 4.80. The van der Waals surface area contributed by atoms with E-state index in [0.29, 0.717) is 6.04 Å². The van der Waals surface area contributed by atoms with E-state index in [4.69, 9.17) is 0 Å². The van der Waals surface area contributed by atoms with Crippen molar-refractivity contribution in [1.82, 2.24) is 15.1 Å². The van der Waals surface area contributed by atoms with Crippen LogP contribution < -0.4 is 5.32 Å². The minimum absolute atomic E-state index is 0.297. The van der Waals surface area contributed by atoms with E-state index in [2.05, 4.69) is 28.7 Å². The number of carbonyl (C=O) groups excluding carboxylic acids is 1. The number of rotatable bonds is 4. The summed E-state index contributed by atoms with van der Waals surface area (Å²) in [6.45, 7) is 7.59. The summed E-state index contributed by atoms with van der Waals surface area (Å²) in [6, 6.07) is 0.297. The van der Waals surface area contributed by atoms with Gasteiger partial charge in [-0.15, -0.1) is 0 Å². The number of nitrogens with one attached hydrogen (secondary N) is 1. The molecule has 1 atom stereocenters. The summed E-state index contributed by atoms with van der Waals surface area (Å²) in [5, 5.41) is 3.04. The Hall–Kier alpha value is -2.04. The Morgan fingerprint density at radius 3 is 3.16 bits per heavy atom. The first-order valence-electron chi connectivity index (χ1n) is 6.42. The Labute approximate surface area is 114 Å². The Morgan fingerprint density at radius 1 is 1.68 bits per heavy atom. The molecule has 102 valence electrons. The molecule has 0 aromatic rings. The second-order valence-corrected chi connectivity index (χ2v) is 4.80. The van der Waals surface area contributed by atoms with Crippen LogP contribution in [0.2, 0.25) is 0 Å². The zero-order valence-corrected chi connectivity index (χ0v) is 11.5. The number of allylic oxidation sites excluding steroid dienone is 1. The van der Waals surface area contributed by atoms with Gasteiger partial charge in [0.25, 0.3) is 0 Å². The second kappa shape index (κ2) is 5.73. The molecule has 1 fully saturated rings. The lowest BCUT2D eigenvalue weighted by atomic mass is 10.2. The number of amidine groups is 1. The van der Waals surface area contributed by atoms with E-state index in [1.54, 1.807) is 17.3 Å². The van der Waals surface area contributed by atoms with Gasteiger partial charge in [0, 0.05) is 37.6 Å². The highest BCUT2D eigenvalue weighted by atomic mass is 16.1. The first-order valence-corrected chi connectivity index (χ1v) is 6.42. The molecule has 2 rings (SSSR count). The van der Waals surface area contributed by atoms with Crippen LogP contribution in [-0.4, -0.2) is 48.2 Å². The van der Waals surface area contributed by atoms with Crippen molar-refractivity contribution in [2.24, 2.45) is 4.99 Å². The van der Waals surface area contributed by atoms with Crippen LogP contribution in [0.5, 0.6) is 0 Å². The molecule has 0 aromatic heterocycles. The van der Waals surface area contributed by atoms with Crippen molar-refractivity contribution in [2.45, 2.75) is 19.4 Å². The molecule has 2 aliphatic rings. The summed E-state index contributed by atoms with van der Waals surface area (Å²) in [5.74, 6) is 0.833. The van der Waals surface area contributed by atoms with Crippen LogP contribution in [0.1, 0.15) is 13.3 Å². The monoisotopic (exact) mass is 260 g/mol. The number of nitrogens with zero attached hydrogens (tertiary/aromatic N) is 3. The van der Waals surface area contributed by atoms with Crippen LogP contribution in [0, 0.1) is 0 Å². The lowest BCUT2D eigenvalue weighted by Gasteiger charge is -2.24. The summed E-state index contributed by atoms with van der Waals surface area (Å²) in [4.78, 5) is 19.1. The zero-order chi connectivity index (χ0) is 13.8. The van der Waals surface area contributed by atoms with Crippen LogP contribution >= 0.6 is 0 Å². The first-order chi connectivity index (χ1) is 9.17. The van der Waals surface area contributed by atoms with Gasteiger partial charge in [0.1, 0.15) is 5.84 Å². The summed E-state index contributed by atoms with van der Waals surface area (Å²) >= 11 is 0. The van der Waals surface area contributed by atoms with E-state index in [0.717, 1.165) is 37.3 Å². The molecule has 5 nitrogen and oxygen atoms in total.